The second-order valence-corrected chi connectivity index (χ2v) is 9.33. The zero-order valence-corrected chi connectivity index (χ0v) is 14.6. The SMILES string of the molecule is O=C(O)c1ccc(Br)cc1S(=O)(=O)Cc1ccc(Br)s1. The topological polar surface area (TPSA) is 71.4 Å². The van der Waals surface area contributed by atoms with Gasteiger partial charge in [-0.2, -0.15) is 0 Å². The molecule has 2 aromatic rings. The Morgan fingerprint density at radius 1 is 1.20 bits per heavy atom. The lowest BCUT2D eigenvalue weighted by molar-refractivity contribution is 0.0692. The Kier molecular flexibility index (Phi) is 4.68. The van der Waals surface area contributed by atoms with E-state index in [1.807, 2.05) is 0 Å². The molecule has 0 aliphatic heterocycles. The number of carbonyl (C=O) groups is 1. The lowest BCUT2D eigenvalue weighted by Crippen LogP contribution is -2.10. The summed E-state index contributed by atoms with van der Waals surface area (Å²) < 4.78 is 26.1. The summed E-state index contributed by atoms with van der Waals surface area (Å²) in [6, 6.07) is 7.56. The Morgan fingerprint density at radius 3 is 2.45 bits per heavy atom. The van der Waals surface area contributed by atoms with E-state index in [4.69, 9.17) is 5.11 Å². The quantitative estimate of drug-likeness (QED) is 0.782. The molecule has 0 radical (unpaired) electrons. The largest absolute Gasteiger partial charge is 0.478 e. The van der Waals surface area contributed by atoms with E-state index < -0.39 is 15.8 Å². The molecule has 0 saturated heterocycles. The second-order valence-electron chi connectivity index (χ2n) is 3.91. The molecule has 1 N–H and O–H groups in total. The highest BCUT2D eigenvalue weighted by atomic mass is 79.9. The van der Waals surface area contributed by atoms with Gasteiger partial charge in [0.15, 0.2) is 9.84 Å². The molecule has 0 saturated carbocycles. The molecule has 4 nitrogen and oxygen atoms in total. The van der Waals surface area contributed by atoms with Crippen molar-refractivity contribution in [2.75, 3.05) is 0 Å². The van der Waals surface area contributed by atoms with Gasteiger partial charge in [-0.3, -0.25) is 0 Å². The Morgan fingerprint density at radius 2 is 1.90 bits per heavy atom. The third kappa shape index (κ3) is 3.49. The van der Waals surface area contributed by atoms with Gasteiger partial charge in [-0.15, -0.1) is 11.3 Å². The number of rotatable bonds is 4. The third-order valence-corrected chi connectivity index (χ3v) is 6.47. The standard InChI is InChI=1S/C12H8Br2O4S2/c13-7-1-3-9(12(15)16)10(5-7)20(17,18)6-8-2-4-11(14)19-8/h1-5H,6H2,(H,15,16). The first-order chi connectivity index (χ1) is 9.29. The van der Waals surface area contributed by atoms with Crippen LogP contribution in [-0.2, 0) is 15.6 Å². The van der Waals surface area contributed by atoms with Crippen molar-refractivity contribution < 1.29 is 18.3 Å². The summed E-state index contributed by atoms with van der Waals surface area (Å²) >= 11 is 7.74. The van der Waals surface area contributed by atoms with Gasteiger partial charge in [0.05, 0.1) is 20.0 Å². The maximum absolute atomic E-state index is 12.4. The lowest BCUT2D eigenvalue weighted by Gasteiger charge is -2.07. The van der Waals surface area contributed by atoms with Crippen LogP contribution in [-0.4, -0.2) is 19.5 Å². The number of sulfone groups is 1. The predicted molar refractivity (Wildman–Crippen MR) is 84.0 cm³/mol. The Hall–Kier alpha value is -0.700. The average Bonchev–Trinajstić information content (AvgIpc) is 2.73. The van der Waals surface area contributed by atoms with Crippen molar-refractivity contribution in [3.05, 3.63) is 49.0 Å². The normalized spacial score (nSPS) is 11.5. The fraction of sp³-hybridized carbons (Fsp3) is 0.0833. The number of hydrogen-bond acceptors (Lipinski definition) is 4. The van der Waals surface area contributed by atoms with Crippen LogP contribution in [0.3, 0.4) is 0 Å². The van der Waals surface area contributed by atoms with Crippen LogP contribution in [0.4, 0.5) is 0 Å². The van der Waals surface area contributed by atoms with Gasteiger partial charge in [-0.1, -0.05) is 15.9 Å². The van der Waals surface area contributed by atoms with Crippen LogP contribution in [0.1, 0.15) is 15.2 Å². The van der Waals surface area contributed by atoms with E-state index >= 15 is 0 Å². The first kappa shape index (κ1) is 15.7. The first-order valence-corrected chi connectivity index (χ1v) is 9.35. The number of hydrogen-bond donors (Lipinski definition) is 1. The van der Waals surface area contributed by atoms with Gasteiger partial charge in [0, 0.05) is 9.35 Å². The van der Waals surface area contributed by atoms with Gasteiger partial charge >= 0.3 is 5.97 Å². The van der Waals surface area contributed by atoms with Crippen LogP contribution in [0.25, 0.3) is 0 Å². The van der Waals surface area contributed by atoms with E-state index in [0.29, 0.717) is 9.35 Å². The highest BCUT2D eigenvalue weighted by molar-refractivity contribution is 9.11. The third-order valence-electron chi connectivity index (χ3n) is 2.47. The van der Waals surface area contributed by atoms with E-state index in [-0.39, 0.29) is 16.2 Å². The van der Waals surface area contributed by atoms with Crippen LogP contribution in [0.2, 0.25) is 0 Å². The van der Waals surface area contributed by atoms with Gasteiger partial charge in [0.25, 0.3) is 0 Å². The summed E-state index contributed by atoms with van der Waals surface area (Å²) in [6.07, 6.45) is 0. The molecular formula is C12H8Br2O4S2. The van der Waals surface area contributed by atoms with Gasteiger partial charge in [0.1, 0.15) is 0 Å². The molecule has 0 amide bonds. The maximum Gasteiger partial charge on any atom is 0.337 e. The van der Waals surface area contributed by atoms with Gasteiger partial charge < -0.3 is 5.11 Å². The zero-order valence-electron chi connectivity index (χ0n) is 9.84. The Labute approximate surface area is 136 Å². The molecule has 0 aliphatic carbocycles. The minimum absolute atomic E-state index is 0.177. The van der Waals surface area contributed by atoms with Crippen molar-refractivity contribution in [3.8, 4) is 0 Å². The monoisotopic (exact) mass is 438 g/mol. The van der Waals surface area contributed by atoms with Gasteiger partial charge in [0.2, 0.25) is 0 Å². The Balaban J connectivity index is 2.48. The van der Waals surface area contributed by atoms with Gasteiger partial charge in [-0.25, -0.2) is 13.2 Å². The molecule has 0 atom stereocenters. The highest BCUT2D eigenvalue weighted by Crippen LogP contribution is 2.28. The van der Waals surface area contributed by atoms with E-state index in [9.17, 15) is 13.2 Å². The van der Waals surface area contributed by atoms with Crippen LogP contribution in [0, 0.1) is 0 Å². The van der Waals surface area contributed by atoms with Crippen LogP contribution < -0.4 is 0 Å². The van der Waals surface area contributed by atoms with Crippen molar-refractivity contribution in [2.45, 2.75) is 10.6 Å². The number of benzene rings is 1. The molecule has 20 heavy (non-hydrogen) atoms. The van der Waals surface area contributed by atoms with E-state index in [1.165, 1.54) is 29.5 Å². The van der Waals surface area contributed by atoms with Crippen molar-refractivity contribution in [1.29, 1.82) is 0 Å². The van der Waals surface area contributed by atoms with Crippen molar-refractivity contribution in [1.82, 2.24) is 0 Å². The lowest BCUT2D eigenvalue weighted by atomic mass is 10.2. The highest BCUT2D eigenvalue weighted by Gasteiger charge is 2.23. The molecule has 0 bridgehead atoms. The van der Waals surface area contributed by atoms with Crippen molar-refractivity contribution in [2.24, 2.45) is 0 Å². The molecule has 1 aromatic carbocycles. The maximum atomic E-state index is 12.4. The summed E-state index contributed by atoms with van der Waals surface area (Å²) in [4.78, 5) is 11.6. The number of carboxylic acids is 1. The van der Waals surface area contributed by atoms with E-state index in [0.717, 1.165) is 3.79 Å². The van der Waals surface area contributed by atoms with E-state index in [1.54, 1.807) is 12.1 Å². The minimum atomic E-state index is -3.72. The number of halogens is 2. The smallest absolute Gasteiger partial charge is 0.337 e. The molecule has 8 heteroatoms. The number of thiophene rings is 1. The Bertz CT molecular complexity index is 766. The fourth-order valence-electron chi connectivity index (χ4n) is 1.62. The zero-order chi connectivity index (χ0) is 14.9. The fourth-order valence-corrected chi connectivity index (χ4v) is 5.54. The summed E-state index contributed by atoms with van der Waals surface area (Å²) in [6.45, 7) is 0. The van der Waals surface area contributed by atoms with Crippen LogP contribution in [0.5, 0.6) is 0 Å². The second kappa shape index (κ2) is 5.97. The van der Waals surface area contributed by atoms with Gasteiger partial charge in [-0.05, 0) is 46.3 Å². The summed E-state index contributed by atoms with van der Waals surface area (Å²) in [7, 11) is -3.72. The summed E-state index contributed by atoms with van der Waals surface area (Å²) in [5.74, 6) is -1.48. The predicted octanol–water partition coefficient (Wildman–Crippen LogP) is 3.95. The molecule has 0 fully saturated rings. The van der Waals surface area contributed by atoms with E-state index in [2.05, 4.69) is 31.9 Å². The van der Waals surface area contributed by atoms with Crippen molar-refractivity contribution in [3.63, 3.8) is 0 Å². The first-order valence-electron chi connectivity index (χ1n) is 5.29. The minimum Gasteiger partial charge on any atom is -0.478 e. The van der Waals surface area contributed by atoms with Crippen LogP contribution >= 0.6 is 43.2 Å². The van der Waals surface area contributed by atoms with Crippen LogP contribution in [0.15, 0.2) is 43.5 Å². The molecular weight excluding hydrogens is 432 g/mol. The molecule has 1 aromatic heterocycles. The number of aromatic carboxylic acids is 1. The molecule has 1 heterocycles. The summed E-state index contributed by atoms with van der Waals surface area (Å²) in [5, 5.41) is 9.11. The molecule has 2 rings (SSSR count). The summed E-state index contributed by atoms with van der Waals surface area (Å²) in [5.41, 5.74) is -0.219. The average molecular weight is 440 g/mol. The molecule has 0 aliphatic rings. The van der Waals surface area contributed by atoms with Crippen molar-refractivity contribution >= 4 is 59.0 Å². The molecule has 0 spiro atoms. The molecule has 0 unspecified atom stereocenters. The molecule has 106 valence electrons. The number of carboxylic acid groups (broad SMARTS) is 1.